The molecule has 0 heterocycles. The maximum atomic E-state index is 12.3. The molecule has 29 heavy (non-hydrogen) atoms. The summed E-state index contributed by atoms with van der Waals surface area (Å²) in [6.07, 6.45) is 0. The molecule has 0 spiro atoms. The van der Waals surface area contributed by atoms with Gasteiger partial charge in [-0.3, -0.25) is 10.9 Å². The summed E-state index contributed by atoms with van der Waals surface area (Å²) in [5.41, 5.74) is 6.89. The van der Waals surface area contributed by atoms with Crippen LogP contribution in [0.15, 0.2) is 70.9 Å². The number of carbonyl (C=O) groups is 2. The number of anilines is 2. The molecular weight excluding hydrogens is 392 g/mol. The van der Waals surface area contributed by atoms with Crippen molar-refractivity contribution in [2.45, 2.75) is 13.8 Å². The molecule has 0 saturated heterocycles. The SMILES string of the molecule is CCOC(=O)/C(=N/Nc1ccccc1)S/C(=N\Nc1ccccc1)C(=O)OCC. The van der Waals surface area contributed by atoms with Crippen molar-refractivity contribution in [3.63, 3.8) is 0 Å². The van der Waals surface area contributed by atoms with E-state index in [1.165, 1.54) is 0 Å². The summed E-state index contributed by atoms with van der Waals surface area (Å²) < 4.78 is 10.1. The fourth-order valence-electron chi connectivity index (χ4n) is 1.95. The summed E-state index contributed by atoms with van der Waals surface area (Å²) in [6, 6.07) is 18.2. The average molecular weight is 414 g/mol. The molecule has 0 aromatic heterocycles. The molecule has 0 aliphatic carbocycles. The number of rotatable bonds is 6. The maximum absolute atomic E-state index is 12.3. The largest absolute Gasteiger partial charge is 0.461 e. The number of benzene rings is 2. The zero-order valence-corrected chi connectivity index (χ0v) is 16.9. The van der Waals surface area contributed by atoms with Crippen molar-refractivity contribution in [2.24, 2.45) is 10.2 Å². The van der Waals surface area contributed by atoms with Gasteiger partial charge in [-0.15, -0.1) is 0 Å². The van der Waals surface area contributed by atoms with Gasteiger partial charge < -0.3 is 9.47 Å². The molecule has 9 heteroatoms. The lowest BCUT2D eigenvalue weighted by Gasteiger charge is -2.09. The summed E-state index contributed by atoms with van der Waals surface area (Å²) in [4.78, 5) is 24.6. The van der Waals surface area contributed by atoms with Crippen molar-refractivity contribution >= 4 is 45.2 Å². The first-order chi connectivity index (χ1) is 14.1. The lowest BCUT2D eigenvalue weighted by Crippen LogP contribution is -2.23. The van der Waals surface area contributed by atoms with E-state index in [1.54, 1.807) is 38.1 Å². The summed E-state index contributed by atoms with van der Waals surface area (Å²) in [7, 11) is 0. The molecule has 2 aromatic rings. The van der Waals surface area contributed by atoms with E-state index < -0.39 is 11.9 Å². The van der Waals surface area contributed by atoms with Crippen LogP contribution in [0.1, 0.15) is 13.8 Å². The first-order valence-electron chi connectivity index (χ1n) is 8.93. The molecule has 0 radical (unpaired) electrons. The number of hydrogen-bond donors (Lipinski definition) is 2. The maximum Gasteiger partial charge on any atom is 0.365 e. The van der Waals surface area contributed by atoms with Gasteiger partial charge >= 0.3 is 11.9 Å². The number of hydrogen-bond acceptors (Lipinski definition) is 9. The van der Waals surface area contributed by atoms with Crippen LogP contribution in [-0.4, -0.2) is 35.2 Å². The Morgan fingerprint density at radius 1 is 0.759 bits per heavy atom. The molecule has 0 amide bonds. The van der Waals surface area contributed by atoms with Crippen LogP contribution in [0.5, 0.6) is 0 Å². The van der Waals surface area contributed by atoms with Crippen LogP contribution in [0.25, 0.3) is 0 Å². The van der Waals surface area contributed by atoms with Gasteiger partial charge in [0.25, 0.3) is 0 Å². The van der Waals surface area contributed by atoms with Crippen molar-refractivity contribution in [3.8, 4) is 0 Å². The molecule has 8 nitrogen and oxygen atoms in total. The quantitative estimate of drug-likeness (QED) is 0.322. The predicted octanol–water partition coefficient (Wildman–Crippen LogP) is 3.70. The van der Waals surface area contributed by atoms with Gasteiger partial charge in [-0.05, 0) is 49.9 Å². The summed E-state index contributed by atoms with van der Waals surface area (Å²) >= 11 is 0.750. The summed E-state index contributed by atoms with van der Waals surface area (Å²) in [6.45, 7) is 3.69. The first-order valence-corrected chi connectivity index (χ1v) is 9.75. The zero-order chi connectivity index (χ0) is 20.9. The summed E-state index contributed by atoms with van der Waals surface area (Å²) in [5, 5.41) is 8.01. The van der Waals surface area contributed by atoms with E-state index in [0.717, 1.165) is 11.8 Å². The third-order valence-corrected chi connectivity index (χ3v) is 4.12. The topological polar surface area (TPSA) is 101 Å². The highest BCUT2D eigenvalue weighted by Crippen LogP contribution is 2.15. The Bertz CT molecular complexity index is 786. The molecular formula is C20H22N4O4S. The molecule has 0 fully saturated rings. The van der Waals surface area contributed by atoms with Crippen LogP contribution < -0.4 is 10.9 Å². The second-order valence-corrected chi connectivity index (χ2v) is 6.31. The fraction of sp³-hybridized carbons (Fsp3) is 0.200. The number of nitrogens with zero attached hydrogens (tertiary/aromatic N) is 2. The second kappa shape index (κ2) is 12.2. The third kappa shape index (κ3) is 7.67. The molecule has 0 saturated carbocycles. The van der Waals surface area contributed by atoms with Crippen LogP contribution in [-0.2, 0) is 19.1 Å². The van der Waals surface area contributed by atoms with Gasteiger partial charge in [0.05, 0.1) is 24.6 Å². The number of esters is 2. The highest BCUT2D eigenvalue weighted by Gasteiger charge is 2.23. The smallest absolute Gasteiger partial charge is 0.365 e. The molecule has 0 unspecified atom stereocenters. The van der Waals surface area contributed by atoms with E-state index >= 15 is 0 Å². The van der Waals surface area contributed by atoms with Crippen LogP contribution in [0.2, 0.25) is 0 Å². The minimum atomic E-state index is -0.683. The monoisotopic (exact) mass is 414 g/mol. The van der Waals surface area contributed by atoms with Crippen molar-refractivity contribution in [2.75, 3.05) is 24.1 Å². The van der Waals surface area contributed by atoms with E-state index in [0.29, 0.717) is 11.4 Å². The van der Waals surface area contributed by atoms with E-state index in [4.69, 9.17) is 9.47 Å². The number of hydrazone groups is 2. The number of thioether (sulfide) groups is 1. The highest BCUT2D eigenvalue weighted by atomic mass is 32.2. The Morgan fingerprint density at radius 2 is 1.14 bits per heavy atom. The van der Waals surface area contributed by atoms with Gasteiger partial charge in [-0.25, -0.2) is 9.59 Å². The molecule has 0 aliphatic rings. The molecule has 0 atom stereocenters. The number of carbonyl (C=O) groups excluding carboxylic acids is 2. The Balaban J connectivity index is 2.25. The highest BCUT2D eigenvalue weighted by molar-refractivity contribution is 8.29. The van der Waals surface area contributed by atoms with Crippen LogP contribution >= 0.6 is 11.8 Å². The standard InChI is InChI=1S/C20H22N4O4S/c1-3-27-19(25)17(23-21-15-11-7-5-8-12-15)29-18(20(26)28-4-2)24-22-16-13-9-6-10-14-16/h5-14,21-22H,3-4H2,1-2H3/b23-17-,24-18-. The Kier molecular flexibility index (Phi) is 9.23. The Hall–Kier alpha value is -3.33. The van der Waals surface area contributed by atoms with Gasteiger partial charge in [0.1, 0.15) is 0 Å². The van der Waals surface area contributed by atoms with E-state index in [9.17, 15) is 9.59 Å². The van der Waals surface area contributed by atoms with Gasteiger partial charge in [0.2, 0.25) is 10.1 Å². The number of nitrogens with one attached hydrogen (secondary N) is 2. The van der Waals surface area contributed by atoms with Crippen molar-refractivity contribution < 1.29 is 19.1 Å². The van der Waals surface area contributed by atoms with Gasteiger partial charge in [0.15, 0.2) is 0 Å². The van der Waals surface area contributed by atoms with E-state index in [1.807, 2.05) is 36.4 Å². The number of para-hydroxylation sites is 2. The minimum absolute atomic E-state index is 0.0858. The van der Waals surface area contributed by atoms with Crippen LogP contribution in [0.4, 0.5) is 11.4 Å². The van der Waals surface area contributed by atoms with E-state index in [2.05, 4.69) is 21.1 Å². The van der Waals surface area contributed by atoms with Crippen molar-refractivity contribution in [3.05, 3.63) is 60.7 Å². The molecule has 2 N–H and O–H groups in total. The molecule has 0 bridgehead atoms. The van der Waals surface area contributed by atoms with Crippen molar-refractivity contribution in [1.29, 1.82) is 0 Å². The molecule has 0 aliphatic heterocycles. The van der Waals surface area contributed by atoms with Gasteiger partial charge in [-0.1, -0.05) is 36.4 Å². The Morgan fingerprint density at radius 3 is 1.48 bits per heavy atom. The summed E-state index contributed by atoms with van der Waals surface area (Å²) in [5.74, 6) is -1.37. The molecule has 2 rings (SSSR count). The molecule has 2 aromatic carbocycles. The van der Waals surface area contributed by atoms with E-state index in [-0.39, 0.29) is 23.3 Å². The Labute approximate surface area is 173 Å². The predicted molar refractivity (Wildman–Crippen MR) is 116 cm³/mol. The van der Waals surface area contributed by atoms with Crippen molar-refractivity contribution in [1.82, 2.24) is 0 Å². The second-order valence-electron chi connectivity index (χ2n) is 5.33. The number of ether oxygens (including phenoxy) is 2. The minimum Gasteiger partial charge on any atom is -0.461 e. The van der Waals surface area contributed by atoms with Gasteiger partial charge in [0, 0.05) is 0 Å². The van der Waals surface area contributed by atoms with Crippen LogP contribution in [0, 0.1) is 0 Å². The fourth-order valence-corrected chi connectivity index (χ4v) is 2.60. The third-order valence-electron chi connectivity index (χ3n) is 3.21. The van der Waals surface area contributed by atoms with Crippen LogP contribution in [0.3, 0.4) is 0 Å². The normalized spacial score (nSPS) is 11.5. The average Bonchev–Trinajstić information content (AvgIpc) is 2.75. The lowest BCUT2D eigenvalue weighted by molar-refractivity contribution is -0.135. The molecule has 152 valence electrons. The lowest BCUT2D eigenvalue weighted by atomic mass is 10.3. The first kappa shape index (κ1) is 22.0. The zero-order valence-electron chi connectivity index (χ0n) is 16.1. The van der Waals surface area contributed by atoms with Gasteiger partial charge in [-0.2, -0.15) is 10.2 Å².